The zero-order chi connectivity index (χ0) is 22.0. The number of carbonyl (C=O) groups excluding carboxylic acids is 1. The molecule has 2 heterocycles. The number of benzene rings is 2. The summed E-state index contributed by atoms with van der Waals surface area (Å²) in [6, 6.07) is 11.7. The molecule has 164 valence electrons. The fraction of sp³-hybridized carbons (Fsp3) is 0.318. The molecule has 0 aliphatic carbocycles. The Morgan fingerprint density at radius 3 is 2.65 bits per heavy atom. The molecule has 2 aromatic carbocycles. The lowest BCUT2D eigenvalue weighted by atomic mass is 10.1. The number of furan rings is 1. The minimum atomic E-state index is -3.62. The number of ether oxygens (including phenoxy) is 3. The first kappa shape index (κ1) is 21.4. The first-order valence-electron chi connectivity index (χ1n) is 9.81. The van der Waals surface area contributed by atoms with Gasteiger partial charge in [-0.05, 0) is 42.8 Å². The number of esters is 1. The third kappa shape index (κ3) is 4.30. The van der Waals surface area contributed by atoms with Gasteiger partial charge in [0.1, 0.15) is 17.9 Å². The van der Waals surface area contributed by atoms with E-state index >= 15 is 0 Å². The Labute approximate surface area is 180 Å². The van der Waals surface area contributed by atoms with Crippen LogP contribution in [0.3, 0.4) is 0 Å². The molecule has 0 unspecified atom stereocenters. The predicted octanol–water partition coefficient (Wildman–Crippen LogP) is 3.13. The second-order valence-corrected chi connectivity index (χ2v) is 9.10. The van der Waals surface area contributed by atoms with Gasteiger partial charge in [-0.2, -0.15) is 4.31 Å². The molecule has 0 amide bonds. The molecule has 0 spiro atoms. The molecule has 0 atom stereocenters. The summed E-state index contributed by atoms with van der Waals surface area (Å²) < 4.78 is 48.6. The summed E-state index contributed by atoms with van der Waals surface area (Å²) in [6.45, 7) is 3.08. The molecule has 1 fully saturated rings. The minimum Gasteiger partial charge on any atom is -0.497 e. The van der Waals surface area contributed by atoms with Crippen LogP contribution in [0.1, 0.15) is 21.7 Å². The van der Waals surface area contributed by atoms with E-state index in [2.05, 4.69) is 0 Å². The fourth-order valence-electron chi connectivity index (χ4n) is 3.47. The number of hydrogen-bond donors (Lipinski definition) is 0. The molecule has 3 aromatic rings. The van der Waals surface area contributed by atoms with Crippen molar-refractivity contribution in [1.82, 2.24) is 4.31 Å². The number of hydrogen-bond acceptors (Lipinski definition) is 7. The highest BCUT2D eigenvalue weighted by atomic mass is 32.2. The highest BCUT2D eigenvalue weighted by Crippen LogP contribution is 2.29. The zero-order valence-electron chi connectivity index (χ0n) is 17.3. The van der Waals surface area contributed by atoms with Gasteiger partial charge in [-0.1, -0.05) is 12.1 Å². The van der Waals surface area contributed by atoms with Crippen molar-refractivity contribution in [2.24, 2.45) is 0 Å². The van der Waals surface area contributed by atoms with E-state index in [0.29, 0.717) is 48.8 Å². The van der Waals surface area contributed by atoms with Gasteiger partial charge < -0.3 is 18.6 Å². The fourth-order valence-corrected chi connectivity index (χ4v) is 4.95. The number of sulfonamides is 1. The van der Waals surface area contributed by atoms with Crippen molar-refractivity contribution in [1.29, 1.82) is 0 Å². The number of morpholine rings is 1. The molecule has 9 heteroatoms. The molecular weight excluding hydrogens is 422 g/mol. The van der Waals surface area contributed by atoms with E-state index in [4.69, 9.17) is 18.6 Å². The van der Waals surface area contributed by atoms with Crippen molar-refractivity contribution in [2.45, 2.75) is 18.4 Å². The smallest absolute Gasteiger partial charge is 0.374 e. The van der Waals surface area contributed by atoms with E-state index < -0.39 is 16.0 Å². The van der Waals surface area contributed by atoms with Gasteiger partial charge in [-0.3, -0.25) is 0 Å². The molecule has 0 saturated carbocycles. The Balaban J connectivity index is 1.49. The van der Waals surface area contributed by atoms with Crippen LogP contribution in [0.4, 0.5) is 0 Å². The average Bonchev–Trinajstić information content (AvgIpc) is 3.14. The van der Waals surface area contributed by atoms with E-state index in [9.17, 15) is 13.2 Å². The maximum atomic E-state index is 12.8. The van der Waals surface area contributed by atoms with Crippen molar-refractivity contribution in [3.63, 3.8) is 0 Å². The molecule has 31 heavy (non-hydrogen) atoms. The molecule has 1 aromatic heterocycles. The Bertz CT molecular complexity index is 1210. The Morgan fingerprint density at radius 1 is 1.13 bits per heavy atom. The third-order valence-electron chi connectivity index (χ3n) is 5.20. The molecule has 8 nitrogen and oxygen atoms in total. The van der Waals surface area contributed by atoms with Gasteiger partial charge in [0.15, 0.2) is 0 Å². The van der Waals surface area contributed by atoms with Gasteiger partial charge in [-0.25, -0.2) is 13.2 Å². The Hall–Kier alpha value is -2.88. The normalized spacial score (nSPS) is 15.2. The summed E-state index contributed by atoms with van der Waals surface area (Å²) in [5.41, 5.74) is 1.78. The molecule has 0 N–H and O–H groups in total. The van der Waals surface area contributed by atoms with E-state index in [1.54, 1.807) is 44.4 Å². The molecule has 1 aliphatic rings. The maximum absolute atomic E-state index is 12.8. The van der Waals surface area contributed by atoms with Crippen LogP contribution in [0, 0.1) is 6.92 Å². The molecule has 0 bridgehead atoms. The summed E-state index contributed by atoms with van der Waals surface area (Å²) >= 11 is 0. The Kier molecular flexibility index (Phi) is 5.99. The quantitative estimate of drug-likeness (QED) is 0.538. The van der Waals surface area contributed by atoms with Gasteiger partial charge in [0.25, 0.3) is 0 Å². The predicted molar refractivity (Wildman–Crippen MR) is 113 cm³/mol. The van der Waals surface area contributed by atoms with Crippen LogP contribution in [0.15, 0.2) is 51.8 Å². The zero-order valence-corrected chi connectivity index (χ0v) is 18.1. The van der Waals surface area contributed by atoms with Gasteiger partial charge >= 0.3 is 5.97 Å². The Morgan fingerprint density at radius 2 is 1.90 bits per heavy atom. The number of nitrogens with zero attached hydrogens (tertiary/aromatic N) is 1. The summed E-state index contributed by atoms with van der Waals surface area (Å²) in [6.07, 6.45) is 0. The number of rotatable bonds is 6. The molecular formula is C22H23NO7S. The molecule has 4 rings (SSSR count). The maximum Gasteiger partial charge on any atom is 0.374 e. The van der Waals surface area contributed by atoms with E-state index in [-0.39, 0.29) is 17.3 Å². The summed E-state index contributed by atoms with van der Waals surface area (Å²) in [4.78, 5) is 12.8. The average molecular weight is 445 g/mol. The summed E-state index contributed by atoms with van der Waals surface area (Å²) in [5.74, 6) is 0.157. The summed E-state index contributed by atoms with van der Waals surface area (Å²) in [5, 5.41) is 0.768. The summed E-state index contributed by atoms with van der Waals surface area (Å²) in [7, 11) is -2.05. The van der Waals surface area contributed by atoms with E-state index in [1.165, 1.54) is 16.4 Å². The highest BCUT2D eigenvalue weighted by Gasteiger charge is 2.26. The molecule has 0 radical (unpaired) electrons. The van der Waals surface area contributed by atoms with Crippen LogP contribution in [0.5, 0.6) is 5.75 Å². The van der Waals surface area contributed by atoms with Crippen molar-refractivity contribution >= 4 is 27.0 Å². The number of aryl methyl sites for hydroxylation is 1. The van der Waals surface area contributed by atoms with Crippen molar-refractivity contribution in [3.05, 3.63) is 59.4 Å². The van der Waals surface area contributed by atoms with Crippen LogP contribution >= 0.6 is 0 Å². The van der Waals surface area contributed by atoms with Crippen molar-refractivity contribution in [2.75, 3.05) is 33.4 Å². The third-order valence-corrected chi connectivity index (χ3v) is 7.10. The standard InChI is InChI=1S/C22H23NO7S/c1-15-19-13-17(27-2)6-7-20(19)30-21(15)22(24)29-14-16-4-3-5-18(12-16)31(25,26)23-8-10-28-11-9-23/h3-7,12-13H,8-11,14H2,1-2H3. The lowest BCUT2D eigenvalue weighted by Crippen LogP contribution is -2.40. The number of methoxy groups -OCH3 is 1. The lowest BCUT2D eigenvalue weighted by molar-refractivity contribution is 0.0437. The lowest BCUT2D eigenvalue weighted by Gasteiger charge is -2.26. The van der Waals surface area contributed by atoms with Crippen LogP contribution in [0.25, 0.3) is 11.0 Å². The minimum absolute atomic E-state index is 0.0783. The molecule has 1 saturated heterocycles. The first-order chi connectivity index (χ1) is 14.9. The van der Waals surface area contributed by atoms with Gasteiger partial charge in [-0.15, -0.1) is 0 Å². The van der Waals surface area contributed by atoms with Gasteiger partial charge in [0.2, 0.25) is 15.8 Å². The monoisotopic (exact) mass is 445 g/mol. The topological polar surface area (TPSA) is 95.3 Å². The second-order valence-electron chi connectivity index (χ2n) is 7.16. The van der Waals surface area contributed by atoms with Crippen LogP contribution in [-0.4, -0.2) is 52.1 Å². The van der Waals surface area contributed by atoms with Crippen LogP contribution < -0.4 is 4.74 Å². The van der Waals surface area contributed by atoms with Crippen LogP contribution in [0.2, 0.25) is 0 Å². The number of carbonyl (C=O) groups is 1. The van der Waals surface area contributed by atoms with Crippen molar-refractivity contribution < 1.29 is 31.8 Å². The second kappa shape index (κ2) is 8.70. The molecule has 1 aliphatic heterocycles. The van der Waals surface area contributed by atoms with E-state index in [1.807, 2.05) is 0 Å². The van der Waals surface area contributed by atoms with Gasteiger partial charge in [0, 0.05) is 24.0 Å². The SMILES string of the molecule is COc1ccc2oc(C(=O)OCc3cccc(S(=O)(=O)N4CCOCC4)c3)c(C)c2c1. The van der Waals surface area contributed by atoms with Gasteiger partial charge in [0.05, 0.1) is 25.2 Å². The highest BCUT2D eigenvalue weighted by molar-refractivity contribution is 7.89. The van der Waals surface area contributed by atoms with E-state index in [0.717, 1.165) is 5.39 Å². The van der Waals surface area contributed by atoms with Crippen molar-refractivity contribution in [3.8, 4) is 5.75 Å². The largest absolute Gasteiger partial charge is 0.497 e. The van der Waals surface area contributed by atoms with Crippen LogP contribution in [-0.2, 0) is 26.1 Å². The number of fused-ring (bicyclic) bond motifs is 1. The first-order valence-corrected chi connectivity index (χ1v) is 11.3.